The van der Waals surface area contributed by atoms with Crippen molar-refractivity contribution in [2.75, 3.05) is 7.05 Å². The Morgan fingerprint density at radius 1 is 1.10 bits per heavy atom. The lowest BCUT2D eigenvalue weighted by Gasteiger charge is -2.18. The highest BCUT2D eigenvalue weighted by atomic mass is 35.5. The molecule has 0 fully saturated rings. The van der Waals surface area contributed by atoms with Gasteiger partial charge in [-0.25, -0.2) is 8.78 Å². The lowest BCUT2D eigenvalue weighted by atomic mass is 9.98. The first kappa shape index (κ1) is 14.9. The van der Waals surface area contributed by atoms with Crippen LogP contribution in [0.5, 0.6) is 0 Å². The summed E-state index contributed by atoms with van der Waals surface area (Å²) >= 11 is 6.21. The molecule has 0 spiro atoms. The van der Waals surface area contributed by atoms with E-state index in [0.717, 1.165) is 17.2 Å². The molecule has 0 heterocycles. The lowest BCUT2D eigenvalue weighted by molar-refractivity contribution is 0.501. The molecule has 0 amide bonds. The van der Waals surface area contributed by atoms with E-state index in [-0.39, 0.29) is 6.04 Å². The normalized spacial score (nSPS) is 12.4. The van der Waals surface area contributed by atoms with Crippen LogP contribution in [0.1, 0.15) is 22.7 Å². The molecular weight excluding hydrogens is 280 g/mol. The summed E-state index contributed by atoms with van der Waals surface area (Å²) < 4.78 is 26.3. The fraction of sp³-hybridized carbons (Fsp3) is 0.250. The van der Waals surface area contributed by atoms with Crippen LogP contribution in [0.3, 0.4) is 0 Å². The van der Waals surface area contributed by atoms with Gasteiger partial charge in [0.15, 0.2) is 11.6 Å². The number of hydrogen-bond donors (Lipinski definition) is 1. The molecule has 0 aliphatic carbocycles. The van der Waals surface area contributed by atoms with E-state index in [1.54, 1.807) is 13.1 Å². The minimum absolute atomic E-state index is 0.120. The number of rotatable bonds is 4. The highest BCUT2D eigenvalue weighted by Gasteiger charge is 2.14. The Hall–Kier alpha value is -1.45. The third kappa shape index (κ3) is 3.35. The summed E-state index contributed by atoms with van der Waals surface area (Å²) in [4.78, 5) is 0. The summed E-state index contributed by atoms with van der Waals surface area (Å²) in [5.74, 6) is -1.67. The maximum absolute atomic E-state index is 13.3. The van der Waals surface area contributed by atoms with Crippen molar-refractivity contribution in [2.24, 2.45) is 0 Å². The third-order valence-electron chi connectivity index (χ3n) is 3.33. The van der Waals surface area contributed by atoms with E-state index in [4.69, 9.17) is 11.6 Å². The van der Waals surface area contributed by atoms with Crippen molar-refractivity contribution in [2.45, 2.75) is 19.4 Å². The third-order valence-corrected chi connectivity index (χ3v) is 3.68. The first-order valence-corrected chi connectivity index (χ1v) is 6.76. The molecular formula is C16H16ClF2N. The van der Waals surface area contributed by atoms with Gasteiger partial charge in [0.2, 0.25) is 0 Å². The van der Waals surface area contributed by atoms with Gasteiger partial charge in [0.25, 0.3) is 0 Å². The van der Waals surface area contributed by atoms with Crippen molar-refractivity contribution in [3.05, 3.63) is 69.7 Å². The maximum atomic E-state index is 13.3. The molecule has 2 aromatic carbocycles. The molecule has 2 rings (SSSR count). The summed E-state index contributed by atoms with van der Waals surface area (Å²) in [5, 5.41) is 3.80. The minimum Gasteiger partial charge on any atom is -0.313 e. The van der Waals surface area contributed by atoms with E-state index < -0.39 is 11.6 Å². The predicted molar refractivity (Wildman–Crippen MR) is 78.1 cm³/mol. The van der Waals surface area contributed by atoms with Gasteiger partial charge in [0.1, 0.15) is 0 Å². The summed E-state index contributed by atoms with van der Waals surface area (Å²) in [6, 6.07) is 9.67. The topological polar surface area (TPSA) is 12.0 Å². The molecule has 0 radical (unpaired) electrons. The Morgan fingerprint density at radius 3 is 2.45 bits per heavy atom. The van der Waals surface area contributed by atoms with Crippen LogP contribution in [-0.4, -0.2) is 7.05 Å². The highest BCUT2D eigenvalue weighted by Crippen LogP contribution is 2.25. The van der Waals surface area contributed by atoms with Crippen molar-refractivity contribution in [1.82, 2.24) is 5.32 Å². The van der Waals surface area contributed by atoms with Crippen LogP contribution >= 0.6 is 11.6 Å². The van der Waals surface area contributed by atoms with Gasteiger partial charge in [-0.1, -0.05) is 29.8 Å². The molecule has 0 saturated heterocycles. The van der Waals surface area contributed by atoms with E-state index in [1.807, 2.05) is 25.1 Å². The van der Waals surface area contributed by atoms with Crippen LogP contribution in [0, 0.1) is 18.6 Å². The van der Waals surface area contributed by atoms with Gasteiger partial charge in [-0.2, -0.15) is 0 Å². The molecule has 2 aromatic rings. The molecule has 0 bridgehead atoms. The zero-order valence-corrected chi connectivity index (χ0v) is 12.1. The second-order valence-electron chi connectivity index (χ2n) is 4.81. The highest BCUT2D eigenvalue weighted by molar-refractivity contribution is 6.31. The second kappa shape index (κ2) is 6.33. The SMILES string of the molecule is CNC(Cc1ccc(C)cc1Cl)c1ccc(F)c(F)c1. The van der Waals surface area contributed by atoms with E-state index in [1.165, 1.54) is 6.07 Å². The Bertz CT molecular complexity index is 613. The zero-order chi connectivity index (χ0) is 14.7. The van der Waals surface area contributed by atoms with Crippen LogP contribution in [0.4, 0.5) is 8.78 Å². The molecule has 106 valence electrons. The number of hydrogen-bond acceptors (Lipinski definition) is 1. The van der Waals surface area contributed by atoms with Crippen molar-refractivity contribution >= 4 is 11.6 Å². The van der Waals surface area contributed by atoms with Gasteiger partial charge < -0.3 is 5.32 Å². The monoisotopic (exact) mass is 295 g/mol. The second-order valence-corrected chi connectivity index (χ2v) is 5.22. The molecule has 1 atom stereocenters. The van der Waals surface area contributed by atoms with Crippen LogP contribution in [-0.2, 0) is 6.42 Å². The lowest BCUT2D eigenvalue weighted by Crippen LogP contribution is -2.19. The molecule has 1 N–H and O–H groups in total. The fourth-order valence-corrected chi connectivity index (χ4v) is 2.47. The molecule has 0 aliphatic rings. The van der Waals surface area contributed by atoms with Gasteiger partial charge in [-0.15, -0.1) is 0 Å². The fourth-order valence-electron chi connectivity index (χ4n) is 2.15. The minimum atomic E-state index is -0.836. The maximum Gasteiger partial charge on any atom is 0.159 e. The standard InChI is InChI=1S/C16H16ClF2N/c1-10-3-4-11(13(17)7-10)9-16(20-2)12-5-6-14(18)15(19)8-12/h3-8,16,20H,9H2,1-2H3. The Balaban J connectivity index is 2.26. The molecule has 4 heteroatoms. The van der Waals surface area contributed by atoms with Gasteiger partial charge >= 0.3 is 0 Å². The number of halogens is 3. The summed E-state index contributed by atoms with van der Waals surface area (Å²) in [6.45, 7) is 1.97. The first-order valence-electron chi connectivity index (χ1n) is 6.38. The average Bonchev–Trinajstić information content (AvgIpc) is 2.41. The molecule has 20 heavy (non-hydrogen) atoms. The first-order chi connectivity index (χ1) is 9.51. The Morgan fingerprint density at radius 2 is 1.85 bits per heavy atom. The smallest absolute Gasteiger partial charge is 0.159 e. The zero-order valence-electron chi connectivity index (χ0n) is 11.4. The Labute approximate surface area is 122 Å². The number of nitrogens with one attached hydrogen (secondary N) is 1. The van der Waals surface area contributed by atoms with Crippen molar-refractivity contribution < 1.29 is 8.78 Å². The predicted octanol–water partition coefficient (Wildman–Crippen LogP) is 4.43. The number of likely N-dealkylation sites (N-methyl/N-ethyl adjacent to an activating group) is 1. The Kier molecular flexibility index (Phi) is 4.73. The van der Waals surface area contributed by atoms with Crippen LogP contribution in [0.25, 0.3) is 0 Å². The summed E-state index contributed by atoms with van der Waals surface area (Å²) in [5.41, 5.74) is 2.76. The van der Waals surface area contributed by atoms with E-state index in [0.29, 0.717) is 17.0 Å². The van der Waals surface area contributed by atoms with Gasteiger partial charge in [0.05, 0.1) is 0 Å². The largest absolute Gasteiger partial charge is 0.313 e. The van der Waals surface area contributed by atoms with Gasteiger partial charge in [-0.05, 0) is 55.3 Å². The quantitative estimate of drug-likeness (QED) is 0.880. The van der Waals surface area contributed by atoms with Crippen molar-refractivity contribution in [1.29, 1.82) is 0 Å². The summed E-state index contributed by atoms with van der Waals surface area (Å²) in [7, 11) is 1.79. The van der Waals surface area contributed by atoms with E-state index >= 15 is 0 Å². The van der Waals surface area contributed by atoms with E-state index in [2.05, 4.69) is 5.32 Å². The van der Waals surface area contributed by atoms with Crippen molar-refractivity contribution in [3.63, 3.8) is 0 Å². The molecule has 0 aromatic heterocycles. The number of aryl methyl sites for hydroxylation is 1. The van der Waals surface area contributed by atoms with Gasteiger partial charge in [0, 0.05) is 11.1 Å². The number of benzene rings is 2. The van der Waals surface area contributed by atoms with E-state index in [9.17, 15) is 8.78 Å². The van der Waals surface area contributed by atoms with Crippen molar-refractivity contribution in [3.8, 4) is 0 Å². The van der Waals surface area contributed by atoms with Crippen LogP contribution < -0.4 is 5.32 Å². The van der Waals surface area contributed by atoms with Crippen LogP contribution in [0.15, 0.2) is 36.4 Å². The molecule has 1 nitrogen and oxygen atoms in total. The molecule has 1 unspecified atom stereocenters. The molecule has 0 aliphatic heterocycles. The molecule has 0 saturated carbocycles. The average molecular weight is 296 g/mol. The van der Waals surface area contributed by atoms with Gasteiger partial charge in [-0.3, -0.25) is 0 Å². The van der Waals surface area contributed by atoms with Crippen LogP contribution in [0.2, 0.25) is 5.02 Å². The summed E-state index contributed by atoms with van der Waals surface area (Å²) in [6.07, 6.45) is 0.612.